The number of hydrogen-bond donors (Lipinski definition) is 0. The fourth-order valence-electron chi connectivity index (χ4n) is 0.514. The minimum Gasteiger partial charge on any atom is -0.179 e. The summed E-state index contributed by atoms with van der Waals surface area (Å²) >= 11 is 5.50. The van der Waals surface area contributed by atoms with Crippen LogP contribution in [-0.4, -0.2) is 0 Å². The average Bonchev–Trinajstić information content (AvgIpc) is 1.90. The molecule has 0 nitrogen and oxygen atoms in total. The largest absolute Gasteiger partial charge is 1.00 e. The standard InChI is InChI=1S/C7H6Cl.Na/c8-6-7-4-2-1-3-5-7;/h1-4H,6H2;/q-1;+1. The van der Waals surface area contributed by atoms with Crippen molar-refractivity contribution in [3.63, 3.8) is 0 Å². The van der Waals surface area contributed by atoms with E-state index in [-0.39, 0.29) is 29.6 Å². The van der Waals surface area contributed by atoms with Crippen molar-refractivity contribution in [2.24, 2.45) is 0 Å². The van der Waals surface area contributed by atoms with Gasteiger partial charge in [0.05, 0.1) is 0 Å². The fraction of sp³-hybridized carbons (Fsp3) is 0.143. The van der Waals surface area contributed by atoms with Crippen LogP contribution in [0.4, 0.5) is 0 Å². The molecule has 0 aliphatic rings. The second-order valence-corrected chi connectivity index (χ2v) is 1.79. The van der Waals surface area contributed by atoms with Crippen LogP contribution in [0.2, 0.25) is 0 Å². The predicted molar refractivity (Wildman–Crippen MR) is 34.8 cm³/mol. The zero-order chi connectivity index (χ0) is 5.82. The van der Waals surface area contributed by atoms with E-state index >= 15 is 0 Å². The van der Waals surface area contributed by atoms with Crippen LogP contribution in [0.15, 0.2) is 24.3 Å². The Morgan fingerprint density at radius 2 is 2.22 bits per heavy atom. The minimum atomic E-state index is 0. The molecular weight excluding hydrogens is 143 g/mol. The first-order chi connectivity index (χ1) is 3.93. The first-order valence-corrected chi connectivity index (χ1v) is 2.98. The van der Waals surface area contributed by atoms with Crippen molar-refractivity contribution in [1.82, 2.24) is 0 Å². The Morgan fingerprint density at radius 3 is 2.56 bits per heavy atom. The molecule has 0 bridgehead atoms. The fourth-order valence-corrected chi connectivity index (χ4v) is 0.680. The van der Waals surface area contributed by atoms with Gasteiger partial charge in [0.25, 0.3) is 0 Å². The van der Waals surface area contributed by atoms with E-state index in [0.29, 0.717) is 5.88 Å². The molecule has 0 saturated carbocycles. The summed E-state index contributed by atoms with van der Waals surface area (Å²) in [5.41, 5.74) is 1.05. The Hall–Kier alpha value is 0.510. The van der Waals surface area contributed by atoms with Crippen molar-refractivity contribution in [2.75, 3.05) is 0 Å². The number of rotatable bonds is 1. The van der Waals surface area contributed by atoms with Gasteiger partial charge in [-0.25, -0.2) is 0 Å². The number of hydrogen-bond acceptors (Lipinski definition) is 0. The molecule has 0 heterocycles. The Labute approximate surface area is 82.5 Å². The Morgan fingerprint density at radius 1 is 1.44 bits per heavy atom. The molecule has 0 N–H and O–H groups in total. The van der Waals surface area contributed by atoms with E-state index in [1.807, 2.05) is 24.3 Å². The third-order valence-corrected chi connectivity index (χ3v) is 1.21. The van der Waals surface area contributed by atoms with Gasteiger partial charge >= 0.3 is 29.6 Å². The van der Waals surface area contributed by atoms with Crippen LogP contribution in [0, 0.1) is 6.07 Å². The summed E-state index contributed by atoms with van der Waals surface area (Å²) in [6, 6.07) is 10.7. The Bertz CT molecular complexity index is 150. The third kappa shape index (κ3) is 3.27. The minimum absolute atomic E-state index is 0. The summed E-state index contributed by atoms with van der Waals surface area (Å²) in [7, 11) is 0. The summed E-state index contributed by atoms with van der Waals surface area (Å²) in [5, 5.41) is 0. The molecule has 0 aliphatic carbocycles. The van der Waals surface area contributed by atoms with Crippen molar-refractivity contribution < 1.29 is 29.6 Å². The summed E-state index contributed by atoms with van der Waals surface area (Å²) in [4.78, 5) is 0. The van der Waals surface area contributed by atoms with E-state index in [1.165, 1.54) is 0 Å². The molecule has 0 saturated heterocycles. The molecule has 0 atom stereocenters. The van der Waals surface area contributed by atoms with Gasteiger partial charge in [-0.1, -0.05) is 0 Å². The number of halogens is 1. The van der Waals surface area contributed by atoms with Gasteiger partial charge in [0.1, 0.15) is 0 Å². The summed E-state index contributed by atoms with van der Waals surface area (Å²) in [6.07, 6.45) is 0. The third-order valence-electron chi connectivity index (χ3n) is 0.917. The summed E-state index contributed by atoms with van der Waals surface area (Å²) in [6.45, 7) is 0. The van der Waals surface area contributed by atoms with Gasteiger partial charge in [-0.2, -0.15) is 30.3 Å². The zero-order valence-corrected chi connectivity index (χ0v) is 8.15. The summed E-state index contributed by atoms with van der Waals surface area (Å²) < 4.78 is 0. The van der Waals surface area contributed by atoms with Crippen molar-refractivity contribution >= 4 is 11.6 Å². The normalized spacial score (nSPS) is 8.11. The molecule has 0 fully saturated rings. The Balaban J connectivity index is 0.000000640. The van der Waals surface area contributed by atoms with Crippen LogP contribution in [0.5, 0.6) is 0 Å². The van der Waals surface area contributed by atoms with Gasteiger partial charge in [0.2, 0.25) is 0 Å². The van der Waals surface area contributed by atoms with Crippen LogP contribution in [0.3, 0.4) is 0 Å². The van der Waals surface area contributed by atoms with Crippen LogP contribution in [0.1, 0.15) is 5.56 Å². The molecule has 0 aromatic heterocycles. The molecule has 1 aromatic carbocycles. The van der Waals surface area contributed by atoms with E-state index in [0.717, 1.165) is 5.56 Å². The zero-order valence-electron chi connectivity index (χ0n) is 5.39. The second kappa shape index (κ2) is 5.31. The molecule has 2 heteroatoms. The average molecular weight is 149 g/mol. The number of benzene rings is 1. The molecule has 0 spiro atoms. The van der Waals surface area contributed by atoms with Crippen molar-refractivity contribution in [1.29, 1.82) is 0 Å². The van der Waals surface area contributed by atoms with Crippen molar-refractivity contribution in [2.45, 2.75) is 5.88 Å². The van der Waals surface area contributed by atoms with E-state index in [1.54, 1.807) is 0 Å². The van der Waals surface area contributed by atoms with E-state index < -0.39 is 0 Å². The topological polar surface area (TPSA) is 0 Å². The SMILES string of the molecule is ClCc1[c-]cccc1.[Na+]. The molecule has 1 rings (SSSR count). The molecule has 0 aliphatic heterocycles. The Kier molecular flexibility index (Phi) is 5.61. The molecule has 1 aromatic rings. The molecule has 0 unspecified atom stereocenters. The smallest absolute Gasteiger partial charge is 0.179 e. The van der Waals surface area contributed by atoms with Gasteiger partial charge in [0, 0.05) is 5.88 Å². The molecule has 0 amide bonds. The first kappa shape index (κ1) is 9.51. The van der Waals surface area contributed by atoms with Crippen molar-refractivity contribution in [3.8, 4) is 0 Å². The van der Waals surface area contributed by atoms with Gasteiger partial charge < -0.3 is 0 Å². The van der Waals surface area contributed by atoms with Crippen LogP contribution < -0.4 is 29.6 Å². The van der Waals surface area contributed by atoms with E-state index in [9.17, 15) is 0 Å². The maximum Gasteiger partial charge on any atom is 1.00 e. The second-order valence-electron chi connectivity index (χ2n) is 1.52. The van der Waals surface area contributed by atoms with Gasteiger partial charge in [-0.3, -0.25) is 0 Å². The monoisotopic (exact) mass is 148 g/mol. The molecule has 9 heavy (non-hydrogen) atoms. The maximum atomic E-state index is 5.50. The molecule has 42 valence electrons. The van der Waals surface area contributed by atoms with Gasteiger partial charge in [0.15, 0.2) is 0 Å². The van der Waals surface area contributed by atoms with Crippen molar-refractivity contribution in [3.05, 3.63) is 35.9 Å². The predicted octanol–water partition coefficient (Wildman–Crippen LogP) is -0.770. The van der Waals surface area contributed by atoms with E-state index in [4.69, 9.17) is 11.6 Å². The maximum absolute atomic E-state index is 5.50. The van der Waals surface area contributed by atoms with Gasteiger partial charge in [-0.05, 0) is 0 Å². The first-order valence-electron chi connectivity index (χ1n) is 2.45. The summed E-state index contributed by atoms with van der Waals surface area (Å²) in [5.74, 6) is 0.556. The van der Waals surface area contributed by atoms with E-state index in [2.05, 4.69) is 6.07 Å². The quantitative estimate of drug-likeness (QED) is 0.279. The number of alkyl halides is 1. The van der Waals surface area contributed by atoms with Crippen LogP contribution in [-0.2, 0) is 5.88 Å². The van der Waals surface area contributed by atoms with Gasteiger partial charge in [-0.15, -0.1) is 17.2 Å². The van der Waals surface area contributed by atoms with Crippen LogP contribution >= 0.6 is 11.6 Å². The molecular formula is C7H6ClNa. The molecule has 0 radical (unpaired) electrons. The van der Waals surface area contributed by atoms with Crippen LogP contribution in [0.25, 0.3) is 0 Å².